The van der Waals surface area contributed by atoms with E-state index in [2.05, 4.69) is 40.2 Å². The molecule has 2 aromatic carbocycles. The van der Waals surface area contributed by atoms with Gasteiger partial charge in [-0.25, -0.2) is 0 Å². The van der Waals surface area contributed by atoms with Gasteiger partial charge in [-0.05, 0) is 40.5 Å². The molecule has 2 aromatic rings. The zero-order valence-electron chi connectivity index (χ0n) is 9.29. The number of nitrogens with two attached hydrogens (primary N) is 1. The molecule has 0 bridgehead atoms. The van der Waals surface area contributed by atoms with Crippen molar-refractivity contribution in [1.82, 2.24) is 0 Å². The van der Waals surface area contributed by atoms with Crippen LogP contribution in [-0.4, -0.2) is 0 Å². The highest BCUT2D eigenvalue weighted by molar-refractivity contribution is 9.10. The van der Waals surface area contributed by atoms with Crippen molar-refractivity contribution >= 4 is 27.5 Å². The number of halogens is 2. The molecule has 0 aromatic heterocycles. The summed E-state index contributed by atoms with van der Waals surface area (Å²) in [5, 5.41) is 0. The minimum absolute atomic E-state index is 0.494. The summed E-state index contributed by atoms with van der Waals surface area (Å²) in [6, 6.07) is 14.5. The standard InChI is InChI=1S/C14H13BrClN/c15-14-3-1-2-10(7-14)11-4-5-12(9-17)13(6-11)8-16/h1-7H,8-9,17H2. The maximum atomic E-state index is 5.94. The summed E-state index contributed by atoms with van der Waals surface area (Å²) in [5.41, 5.74) is 10.2. The zero-order valence-corrected chi connectivity index (χ0v) is 11.6. The van der Waals surface area contributed by atoms with Gasteiger partial charge in [-0.1, -0.05) is 40.2 Å². The molecule has 0 unspecified atom stereocenters. The van der Waals surface area contributed by atoms with Crippen LogP contribution in [0.1, 0.15) is 11.1 Å². The van der Waals surface area contributed by atoms with Gasteiger partial charge in [0.2, 0.25) is 0 Å². The third-order valence-electron chi connectivity index (χ3n) is 2.73. The number of rotatable bonds is 3. The first-order valence-corrected chi connectivity index (χ1v) is 6.71. The van der Waals surface area contributed by atoms with Crippen LogP contribution in [0.15, 0.2) is 46.9 Å². The first-order chi connectivity index (χ1) is 8.24. The number of hydrogen-bond donors (Lipinski definition) is 1. The predicted molar refractivity (Wildman–Crippen MR) is 77.0 cm³/mol. The fourth-order valence-corrected chi connectivity index (χ4v) is 2.45. The van der Waals surface area contributed by atoms with Gasteiger partial charge in [0.25, 0.3) is 0 Å². The van der Waals surface area contributed by atoms with Crippen LogP contribution in [-0.2, 0) is 12.4 Å². The highest BCUT2D eigenvalue weighted by atomic mass is 79.9. The van der Waals surface area contributed by atoms with Crippen molar-refractivity contribution in [2.75, 3.05) is 0 Å². The molecule has 0 spiro atoms. The van der Waals surface area contributed by atoms with E-state index in [4.69, 9.17) is 17.3 Å². The average molecular weight is 311 g/mol. The summed E-state index contributed by atoms with van der Waals surface area (Å²) in [6.07, 6.45) is 0. The molecule has 0 amide bonds. The third kappa shape index (κ3) is 2.89. The Morgan fingerprint density at radius 3 is 2.41 bits per heavy atom. The Morgan fingerprint density at radius 1 is 1.00 bits per heavy atom. The molecular weight excluding hydrogens is 298 g/mol. The highest BCUT2D eigenvalue weighted by Gasteiger charge is 2.04. The lowest BCUT2D eigenvalue weighted by Crippen LogP contribution is -2.00. The Hall–Kier alpha value is -0.830. The molecule has 0 aliphatic rings. The molecule has 0 radical (unpaired) electrons. The average Bonchev–Trinajstić information content (AvgIpc) is 2.38. The topological polar surface area (TPSA) is 26.0 Å². The van der Waals surface area contributed by atoms with Gasteiger partial charge in [-0.2, -0.15) is 0 Å². The Morgan fingerprint density at radius 2 is 1.76 bits per heavy atom. The van der Waals surface area contributed by atoms with E-state index >= 15 is 0 Å². The molecule has 0 saturated carbocycles. The van der Waals surface area contributed by atoms with Crippen LogP contribution in [0.3, 0.4) is 0 Å². The van der Waals surface area contributed by atoms with Crippen molar-refractivity contribution in [3.8, 4) is 11.1 Å². The fourth-order valence-electron chi connectivity index (χ4n) is 1.80. The van der Waals surface area contributed by atoms with E-state index in [0.29, 0.717) is 12.4 Å². The smallest absolute Gasteiger partial charge is 0.0477 e. The minimum atomic E-state index is 0.494. The molecule has 0 heterocycles. The van der Waals surface area contributed by atoms with E-state index in [-0.39, 0.29) is 0 Å². The van der Waals surface area contributed by atoms with Crippen molar-refractivity contribution < 1.29 is 0 Å². The maximum absolute atomic E-state index is 5.94. The minimum Gasteiger partial charge on any atom is -0.326 e. The van der Waals surface area contributed by atoms with Crippen molar-refractivity contribution in [3.05, 3.63) is 58.1 Å². The Labute approximate surface area is 115 Å². The van der Waals surface area contributed by atoms with E-state index in [0.717, 1.165) is 15.6 Å². The quantitative estimate of drug-likeness (QED) is 0.840. The first-order valence-electron chi connectivity index (χ1n) is 5.38. The van der Waals surface area contributed by atoms with Crippen molar-refractivity contribution in [3.63, 3.8) is 0 Å². The molecule has 0 aliphatic heterocycles. The summed E-state index contributed by atoms with van der Waals surface area (Å²) in [6.45, 7) is 0.529. The van der Waals surface area contributed by atoms with Crippen LogP contribution in [0.5, 0.6) is 0 Å². The summed E-state index contributed by atoms with van der Waals surface area (Å²) in [5.74, 6) is 0.494. The zero-order chi connectivity index (χ0) is 12.3. The number of alkyl halides is 1. The van der Waals surface area contributed by atoms with Crippen molar-refractivity contribution in [2.24, 2.45) is 5.73 Å². The molecule has 0 aliphatic carbocycles. The second-order valence-electron chi connectivity index (χ2n) is 3.83. The molecule has 17 heavy (non-hydrogen) atoms. The monoisotopic (exact) mass is 309 g/mol. The largest absolute Gasteiger partial charge is 0.326 e. The van der Waals surface area contributed by atoms with Crippen LogP contribution >= 0.6 is 27.5 Å². The molecule has 88 valence electrons. The van der Waals surface area contributed by atoms with Gasteiger partial charge in [0, 0.05) is 16.9 Å². The molecule has 0 atom stereocenters. The van der Waals surface area contributed by atoms with Crippen LogP contribution in [0.2, 0.25) is 0 Å². The van der Waals surface area contributed by atoms with Crippen LogP contribution in [0.25, 0.3) is 11.1 Å². The van der Waals surface area contributed by atoms with Gasteiger partial charge >= 0.3 is 0 Å². The van der Waals surface area contributed by atoms with Gasteiger partial charge in [-0.15, -0.1) is 11.6 Å². The Balaban J connectivity index is 2.46. The van der Waals surface area contributed by atoms with E-state index in [9.17, 15) is 0 Å². The van der Waals surface area contributed by atoms with Crippen LogP contribution in [0, 0.1) is 0 Å². The molecule has 3 heteroatoms. The number of hydrogen-bond acceptors (Lipinski definition) is 1. The van der Waals surface area contributed by atoms with Gasteiger partial charge in [0.1, 0.15) is 0 Å². The molecule has 0 fully saturated rings. The normalized spacial score (nSPS) is 10.5. The van der Waals surface area contributed by atoms with Crippen molar-refractivity contribution in [1.29, 1.82) is 0 Å². The Kier molecular flexibility index (Phi) is 4.21. The van der Waals surface area contributed by atoms with Crippen molar-refractivity contribution in [2.45, 2.75) is 12.4 Å². The Bertz CT molecular complexity index is 525. The molecule has 0 saturated heterocycles. The lowest BCUT2D eigenvalue weighted by molar-refractivity contribution is 1.04. The maximum Gasteiger partial charge on any atom is 0.0477 e. The summed E-state index contributed by atoms with van der Waals surface area (Å²) < 4.78 is 1.07. The number of benzene rings is 2. The van der Waals surface area contributed by atoms with E-state index < -0.39 is 0 Å². The molecular formula is C14H13BrClN. The second kappa shape index (κ2) is 5.67. The molecule has 1 nitrogen and oxygen atoms in total. The van der Waals surface area contributed by atoms with Gasteiger partial charge < -0.3 is 5.73 Å². The van der Waals surface area contributed by atoms with Gasteiger partial charge in [0.05, 0.1) is 0 Å². The van der Waals surface area contributed by atoms with Gasteiger partial charge in [-0.3, -0.25) is 0 Å². The highest BCUT2D eigenvalue weighted by Crippen LogP contribution is 2.25. The predicted octanol–water partition coefficient (Wildman–Crippen LogP) is 4.31. The van der Waals surface area contributed by atoms with Crippen LogP contribution < -0.4 is 5.73 Å². The van der Waals surface area contributed by atoms with E-state index in [1.807, 2.05) is 18.2 Å². The lowest BCUT2D eigenvalue weighted by atomic mass is 10.00. The van der Waals surface area contributed by atoms with Gasteiger partial charge in [0.15, 0.2) is 0 Å². The SMILES string of the molecule is NCc1ccc(-c2cccc(Br)c2)cc1CCl. The van der Waals surface area contributed by atoms with E-state index in [1.165, 1.54) is 11.1 Å². The summed E-state index contributed by atoms with van der Waals surface area (Å²) >= 11 is 9.41. The second-order valence-corrected chi connectivity index (χ2v) is 5.01. The summed E-state index contributed by atoms with van der Waals surface area (Å²) in [7, 11) is 0. The molecule has 2 N–H and O–H groups in total. The van der Waals surface area contributed by atoms with E-state index in [1.54, 1.807) is 0 Å². The lowest BCUT2D eigenvalue weighted by Gasteiger charge is -2.08. The van der Waals surface area contributed by atoms with Crippen LogP contribution in [0.4, 0.5) is 0 Å². The first kappa shape index (κ1) is 12.6. The summed E-state index contributed by atoms with van der Waals surface area (Å²) in [4.78, 5) is 0. The third-order valence-corrected chi connectivity index (χ3v) is 3.51. The fraction of sp³-hybridized carbons (Fsp3) is 0.143. The molecule has 2 rings (SSSR count).